The number of benzene rings is 2. The smallest absolute Gasteiger partial charge is 0.243 e. The molecule has 1 aliphatic rings. The lowest BCUT2D eigenvalue weighted by molar-refractivity contribution is -0.120. The number of piperidine rings is 1. The summed E-state index contributed by atoms with van der Waals surface area (Å²) < 4.78 is 64.3. The molecule has 0 spiro atoms. The summed E-state index contributed by atoms with van der Waals surface area (Å²) in [5.74, 6) is -1.14. The number of rotatable bonds is 6. The molecule has 2 aromatic rings. The average Bonchev–Trinajstić information content (AvgIpc) is 2.73. The summed E-state index contributed by atoms with van der Waals surface area (Å²) in [6, 6.07) is 11.1. The number of halogens is 1. The molecule has 0 unspecified atom stereocenters. The molecule has 3 rings (SSSR count). The standard InChI is InChI=1S/C20H24FN3O5S2/c1-23(30(2,26)27)18-5-3-4-17(14-18)22-20(25)15-10-12-24(13-11-15)31(28,29)19-8-6-16(21)7-9-19/h3-9,14-15H,10-13H2,1-2H3,(H,22,25). The molecular formula is C20H24FN3O5S2. The lowest BCUT2D eigenvalue weighted by Crippen LogP contribution is -2.41. The molecule has 1 aliphatic heterocycles. The fraction of sp³-hybridized carbons (Fsp3) is 0.350. The lowest BCUT2D eigenvalue weighted by Gasteiger charge is -2.30. The van der Waals surface area contributed by atoms with Gasteiger partial charge in [0.2, 0.25) is 26.0 Å². The van der Waals surface area contributed by atoms with Crippen LogP contribution in [0.1, 0.15) is 12.8 Å². The third-order valence-electron chi connectivity index (χ3n) is 5.25. The predicted molar refractivity (Wildman–Crippen MR) is 116 cm³/mol. The Bertz CT molecular complexity index is 1160. The summed E-state index contributed by atoms with van der Waals surface area (Å²) in [4.78, 5) is 12.7. The van der Waals surface area contributed by atoms with E-state index < -0.39 is 25.9 Å². The molecule has 1 saturated heterocycles. The van der Waals surface area contributed by atoms with Gasteiger partial charge in [-0.2, -0.15) is 4.31 Å². The van der Waals surface area contributed by atoms with Crippen molar-refractivity contribution in [3.05, 3.63) is 54.3 Å². The highest BCUT2D eigenvalue weighted by atomic mass is 32.2. The number of nitrogens with zero attached hydrogens (tertiary/aromatic N) is 2. The second kappa shape index (κ2) is 8.93. The monoisotopic (exact) mass is 469 g/mol. The van der Waals surface area contributed by atoms with Gasteiger partial charge >= 0.3 is 0 Å². The minimum Gasteiger partial charge on any atom is -0.326 e. The number of hydrogen-bond acceptors (Lipinski definition) is 5. The van der Waals surface area contributed by atoms with E-state index in [1.165, 1.54) is 23.5 Å². The van der Waals surface area contributed by atoms with E-state index in [-0.39, 0.29) is 29.8 Å². The van der Waals surface area contributed by atoms with Crippen molar-refractivity contribution in [2.24, 2.45) is 5.92 Å². The van der Waals surface area contributed by atoms with Crippen molar-refractivity contribution >= 4 is 37.3 Å². The maximum absolute atomic E-state index is 13.1. The number of carbonyl (C=O) groups is 1. The Kier molecular flexibility index (Phi) is 6.68. The van der Waals surface area contributed by atoms with E-state index in [0.717, 1.165) is 22.7 Å². The van der Waals surface area contributed by atoms with Gasteiger partial charge in [-0.25, -0.2) is 21.2 Å². The van der Waals surface area contributed by atoms with E-state index in [2.05, 4.69) is 5.32 Å². The maximum atomic E-state index is 13.1. The first kappa shape index (κ1) is 23.2. The van der Waals surface area contributed by atoms with Gasteiger partial charge in [-0.05, 0) is 55.3 Å². The van der Waals surface area contributed by atoms with Gasteiger partial charge in [0.15, 0.2) is 0 Å². The molecule has 1 heterocycles. The van der Waals surface area contributed by atoms with Crippen LogP contribution in [0.25, 0.3) is 0 Å². The Balaban J connectivity index is 1.63. The molecule has 168 valence electrons. The average molecular weight is 470 g/mol. The summed E-state index contributed by atoms with van der Waals surface area (Å²) in [6.45, 7) is 0.351. The van der Waals surface area contributed by atoms with Gasteiger partial charge in [0, 0.05) is 31.7 Å². The van der Waals surface area contributed by atoms with Crippen LogP contribution in [0.2, 0.25) is 0 Å². The minimum atomic E-state index is -3.74. The fourth-order valence-electron chi connectivity index (χ4n) is 3.33. The molecule has 0 bridgehead atoms. The molecule has 0 radical (unpaired) electrons. The summed E-state index contributed by atoms with van der Waals surface area (Å²) >= 11 is 0. The molecule has 1 fully saturated rings. The number of carbonyl (C=O) groups excluding carboxylic acids is 1. The molecule has 31 heavy (non-hydrogen) atoms. The molecule has 1 amide bonds. The van der Waals surface area contributed by atoms with E-state index in [4.69, 9.17) is 0 Å². The summed E-state index contributed by atoms with van der Waals surface area (Å²) in [6.07, 6.45) is 1.77. The third-order valence-corrected chi connectivity index (χ3v) is 8.37. The molecule has 11 heteroatoms. The van der Waals surface area contributed by atoms with Gasteiger partial charge in [-0.3, -0.25) is 9.10 Å². The van der Waals surface area contributed by atoms with Crippen LogP contribution >= 0.6 is 0 Å². The SMILES string of the molecule is CN(c1cccc(NC(=O)C2CCN(S(=O)(=O)c3ccc(F)cc3)CC2)c1)S(C)(=O)=O. The number of hydrogen-bond donors (Lipinski definition) is 1. The molecule has 1 N–H and O–H groups in total. The van der Waals surface area contributed by atoms with Gasteiger partial charge in [0.25, 0.3) is 0 Å². The van der Waals surface area contributed by atoms with Gasteiger partial charge in [0.1, 0.15) is 5.82 Å². The van der Waals surface area contributed by atoms with Gasteiger partial charge in [-0.1, -0.05) is 6.07 Å². The van der Waals surface area contributed by atoms with Crippen LogP contribution in [0.4, 0.5) is 15.8 Å². The van der Waals surface area contributed by atoms with E-state index in [1.54, 1.807) is 24.3 Å². The third kappa shape index (κ3) is 5.41. The Labute approximate surface area is 181 Å². The molecule has 2 aromatic carbocycles. The van der Waals surface area contributed by atoms with E-state index in [0.29, 0.717) is 24.2 Å². The maximum Gasteiger partial charge on any atom is 0.243 e. The largest absolute Gasteiger partial charge is 0.326 e. The second-order valence-corrected chi connectivity index (χ2v) is 11.4. The minimum absolute atomic E-state index is 0.0172. The highest BCUT2D eigenvalue weighted by Gasteiger charge is 2.32. The van der Waals surface area contributed by atoms with Crippen molar-refractivity contribution < 1.29 is 26.0 Å². The van der Waals surface area contributed by atoms with E-state index >= 15 is 0 Å². The summed E-state index contributed by atoms with van der Waals surface area (Å²) in [7, 11) is -5.75. The Morgan fingerprint density at radius 2 is 1.68 bits per heavy atom. The highest BCUT2D eigenvalue weighted by molar-refractivity contribution is 7.92. The Morgan fingerprint density at radius 1 is 1.06 bits per heavy atom. The topological polar surface area (TPSA) is 104 Å². The van der Waals surface area contributed by atoms with Crippen LogP contribution in [0.3, 0.4) is 0 Å². The number of sulfonamides is 2. The van der Waals surface area contributed by atoms with Crippen molar-refractivity contribution in [2.75, 3.05) is 36.0 Å². The van der Waals surface area contributed by atoms with Crippen molar-refractivity contribution in [2.45, 2.75) is 17.7 Å². The number of amides is 1. The molecule has 8 nitrogen and oxygen atoms in total. The Morgan fingerprint density at radius 3 is 2.26 bits per heavy atom. The van der Waals surface area contributed by atoms with Crippen molar-refractivity contribution in [3.63, 3.8) is 0 Å². The zero-order valence-electron chi connectivity index (χ0n) is 17.2. The zero-order chi connectivity index (χ0) is 22.8. The molecular weight excluding hydrogens is 445 g/mol. The van der Waals surface area contributed by atoms with Crippen LogP contribution in [-0.2, 0) is 24.8 Å². The van der Waals surface area contributed by atoms with Gasteiger partial charge in [-0.15, -0.1) is 0 Å². The number of nitrogens with one attached hydrogen (secondary N) is 1. The molecule has 0 aromatic heterocycles. The predicted octanol–water partition coefficient (Wildman–Crippen LogP) is 2.26. The van der Waals surface area contributed by atoms with E-state index in [9.17, 15) is 26.0 Å². The molecule has 0 atom stereocenters. The van der Waals surface area contributed by atoms with Crippen LogP contribution < -0.4 is 9.62 Å². The van der Waals surface area contributed by atoms with E-state index in [1.807, 2.05) is 0 Å². The first-order valence-electron chi connectivity index (χ1n) is 9.59. The lowest BCUT2D eigenvalue weighted by atomic mass is 9.97. The Hall–Kier alpha value is -2.50. The summed E-state index contributed by atoms with van der Waals surface area (Å²) in [5.41, 5.74) is 0.875. The first-order chi connectivity index (χ1) is 14.5. The first-order valence-corrected chi connectivity index (χ1v) is 12.9. The molecule has 0 aliphatic carbocycles. The fourth-order valence-corrected chi connectivity index (χ4v) is 5.30. The van der Waals surface area contributed by atoms with Gasteiger partial charge in [0.05, 0.1) is 16.8 Å². The number of anilines is 2. The second-order valence-electron chi connectivity index (χ2n) is 7.40. The van der Waals surface area contributed by atoms with Crippen LogP contribution in [0.15, 0.2) is 53.4 Å². The zero-order valence-corrected chi connectivity index (χ0v) is 18.8. The van der Waals surface area contributed by atoms with Crippen LogP contribution in [0.5, 0.6) is 0 Å². The van der Waals surface area contributed by atoms with Gasteiger partial charge < -0.3 is 5.32 Å². The summed E-state index contributed by atoms with van der Waals surface area (Å²) in [5, 5.41) is 2.78. The highest BCUT2D eigenvalue weighted by Crippen LogP contribution is 2.26. The van der Waals surface area contributed by atoms with Crippen molar-refractivity contribution in [1.82, 2.24) is 4.31 Å². The van der Waals surface area contributed by atoms with Crippen LogP contribution in [0, 0.1) is 11.7 Å². The normalized spacial score (nSPS) is 16.1. The van der Waals surface area contributed by atoms with Crippen molar-refractivity contribution in [1.29, 1.82) is 0 Å². The quantitative estimate of drug-likeness (QED) is 0.699. The van der Waals surface area contributed by atoms with Crippen LogP contribution in [-0.4, -0.2) is 53.4 Å². The van der Waals surface area contributed by atoms with Crippen molar-refractivity contribution in [3.8, 4) is 0 Å². The molecule has 0 saturated carbocycles.